The van der Waals surface area contributed by atoms with E-state index in [1.807, 2.05) is 0 Å². The van der Waals surface area contributed by atoms with Crippen LogP contribution in [0.1, 0.15) is 12.1 Å². The van der Waals surface area contributed by atoms with Crippen molar-refractivity contribution in [3.8, 4) is 0 Å². The fraction of sp³-hybridized carbons (Fsp3) is 0.667. The molecule has 0 aromatic carbocycles. The van der Waals surface area contributed by atoms with Crippen LogP contribution in [0.4, 0.5) is 10.2 Å². The first-order valence-corrected chi connectivity index (χ1v) is 6.41. The van der Waals surface area contributed by atoms with Crippen molar-refractivity contribution in [1.82, 2.24) is 20.2 Å². The predicted octanol–water partition coefficient (Wildman–Crippen LogP) is 0.631. The molecule has 1 aromatic heterocycles. The van der Waals surface area contributed by atoms with E-state index in [-0.39, 0.29) is 5.82 Å². The number of aryl methyl sites for hydroxylation is 1. The topological polar surface area (TPSA) is 53.1 Å². The molecule has 2 rings (SSSR count). The van der Waals surface area contributed by atoms with Crippen molar-refractivity contribution >= 4 is 5.82 Å². The molecule has 0 amide bonds. The lowest BCUT2D eigenvalue weighted by Gasteiger charge is -2.27. The normalized spacial score (nSPS) is 16.8. The Morgan fingerprint density at radius 1 is 1.39 bits per heavy atom. The summed E-state index contributed by atoms with van der Waals surface area (Å²) in [6, 6.07) is 0. The predicted molar refractivity (Wildman–Crippen MR) is 69.1 cm³/mol. The van der Waals surface area contributed by atoms with Gasteiger partial charge in [-0.25, -0.2) is 14.4 Å². The van der Waals surface area contributed by atoms with Gasteiger partial charge in [0.05, 0.1) is 5.69 Å². The maximum Gasteiger partial charge on any atom is 0.186 e. The van der Waals surface area contributed by atoms with Crippen LogP contribution in [-0.2, 0) is 0 Å². The van der Waals surface area contributed by atoms with Gasteiger partial charge in [0, 0.05) is 32.7 Å². The molecule has 6 heteroatoms. The molecule has 18 heavy (non-hydrogen) atoms. The molecule has 0 radical (unpaired) electrons. The van der Waals surface area contributed by atoms with E-state index < -0.39 is 0 Å². The highest BCUT2D eigenvalue weighted by molar-refractivity contribution is 5.36. The number of nitrogens with one attached hydrogen (secondary N) is 2. The Bertz CT molecular complexity index is 379. The number of piperazine rings is 1. The molecule has 2 heterocycles. The molecule has 1 aromatic rings. The zero-order valence-corrected chi connectivity index (χ0v) is 10.7. The van der Waals surface area contributed by atoms with Gasteiger partial charge in [-0.15, -0.1) is 0 Å². The van der Waals surface area contributed by atoms with Gasteiger partial charge in [-0.1, -0.05) is 0 Å². The Hall–Kier alpha value is -1.27. The number of aromatic nitrogens is 2. The van der Waals surface area contributed by atoms with Crippen molar-refractivity contribution < 1.29 is 4.39 Å². The minimum atomic E-state index is -0.348. The van der Waals surface area contributed by atoms with Crippen molar-refractivity contribution in [2.24, 2.45) is 0 Å². The highest BCUT2D eigenvalue weighted by Gasteiger charge is 2.09. The zero-order valence-electron chi connectivity index (χ0n) is 10.7. The summed E-state index contributed by atoms with van der Waals surface area (Å²) >= 11 is 0. The summed E-state index contributed by atoms with van der Waals surface area (Å²) in [5.74, 6) is -0.0394. The first-order chi connectivity index (χ1) is 8.77. The third-order valence-corrected chi connectivity index (χ3v) is 3.12. The Balaban J connectivity index is 1.70. The van der Waals surface area contributed by atoms with E-state index in [1.165, 1.54) is 6.33 Å². The molecular formula is C12H20FN5. The molecule has 0 atom stereocenters. The summed E-state index contributed by atoms with van der Waals surface area (Å²) in [5.41, 5.74) is 0.384. The molecule has 0 saturated carbocycles. The third kappa shape index (κ3) is 3.61. The molecule has 5 nitrogen and oxygen atoms in total. The second-order valence-electron chi connectivity index (χ2n) is 4.49. The van der Waals surface area contributed by atoms with Crippen LogP contribution in [-0.4, -0.2) is 54.1 Å². The zero-order chi connectivity index (χ0) is 12.8. The van der Waals surface area contributed by atoms with Gasteiger partial charge in [-0.3, -0.25) is 0 Å². The van der Waals surface area contributed by atoms with Crippen LogP contribution in [0.3, 0.4) is 0 Å². The summed E-state index contributed by atoms with van der Waals surface area (Å²) in [5, 5.41) is 6.35. The van der Waals surface area contributed by atoms with Crippen molar-refractivity contribution in [2.75, 3.05) is 44.6 Å². The lowest BCUT2D eigenvalue weighted by atomic mass is 10.3. The number of hydrogen-bond acceptors (Lipinski definition) is 5. The van der Waals surface area contributed by atoms with Crippen LogP contribution in [0.2, 0.25) is 0 Å². The second-order valence-corrected chi connectivity index (χ2v) is 4.49. The monoisotopic (exact) mass is 253 g/mol. The van der Waals surface area contributed by atoms with Crippen molar-refractivity contribution in [2.45, 2.75) is 13.3 Å². The van der Waals surface area contributed by atoms with Crippen LogP contribution in [0.25, 0.3) is 0 Å². The van der Waals surface area contributed by atoms with Crippen LogP contribution in [0.5, 0.6) is 0 Å². The van der Waals surface area contributed by atoms with Crippen LogP contribution >= 0.6 is 0 Å². The van der Waals surface area contributed by atoms with E-state index in [1.54, 1.807) is 6.92 Å². The molecule has 0 spiro atoms. The van der Waals surface area contributed by atoms with E-state index in [4.69, 9.17) is 0 Å². The fourth-order valence-electron chi connectivity index (χ4n) is 2.03. The maximum atomic E-state index is 13.6. The molecule has 1 aliphatic heterocycles. The number of halogens is 1. The van der Waals surface area contributed by atoms with Crippen LogP contribution < -0.4 is 10.6 Å². The molecule has 1 aliphatic rings. The van der Waals surface area contributed by atoms with Crippen molar-refractivity contribution in [3.05, 3.63) is 17.8 Å². The number of nitrogens with zero attached hydrogens (tertiary/aromatic N) is 3. The van der Waals surface area contributed by atoms with Gasteiger partial charge in [0.25, 0.3) is 0 Å². The molecule has 2 N–H and O–H groups in total. The van der Waals surface area contributed by atoms with Gasteiger partial charge >= 0.3 is 0 Å². The lowest BCUT2D eigenvalue weighted by Crippen LogP contribution is -2.44. The molecule has 0 unspecified atom stereocenters. The lowest BCUT2D eigenvalue weighted by molar-refractivity contribution is 0.240. The number of anilines is 1. The standard InChI is InChI=1S/C12H20FN5/c1-10-11(13)12(17-9-16-10)15-3-2-6-18-7-4-14-5-8-18/h9,14H,2-8H2,1H3,(H,15,16,17). The minimum absolute atomic E-state index is 0.308. The first kappa shape index (κ1) is 13.2. The summed E-state index contributed by atoms with van der Waals surface area (Å²) in [6.45, 7) is 7.74. The molecule has 1 saturated heterocycles. The largest absolute Gasteiger partial charge is 0.367 e. The van der Waals surface area contributed by atoms with Gasteiger partial charge in [0.1, 0.15) is 6.33 Å². The van der Waals surface area contributed by atoms with Gasteiger partial charge < -0.3 is 15.5 Å². The molecule has 1 fully saturated rings. The Morgan fingerprint density at radius 3 is 2.94 bits per heavy atom. The van der Waals surface area contributed by atoms with Crippen molar-refractivity contribution in [1.29, 1.82) is 0 Å². The summed E-state index contributed by atoms with van der Waals surface area (Å²) in [4.78, 5) is 10.1. The van der Waals surface area contributed by atoms with Gasteiger partial charge in [0.2, 0.25) is 0 Å². The highest BCUT2D eigenvalue weighted by Crippen LogP contribution is 2.11. The average Bonchev–Trinajstić information content (AvgIpc) is 2.40. The highest BCUT2D eigenvalue weighted by atomic mass is 19.1. The Labute approximate surface area is 107 Å². The summed E-state index contributed by atoms with van der Waals surface area (Å²) in [6.07, 6.45) is 2.37. The molecule has 0 aliphatic carbocycles. The van der Waals surface area contributed by atoms with Gasteiger partial charge in [-0.05, 0) is 19.9 Å². The quantitative estimate of drug-likeness (QED) is 0.754. The van der Waals surface area contributed by atoms with E-state index in [9.17, 15) is 4.39 Å². The molecule has 100 valence electrons. The van der Waals surface area contributed by atoms with E-state index in [2.05, 4.69) is 25.5 Å². The van der Waals surface area contributed by atoms with E-state index in [0.717, 1.165) is 45.7 Å². The smallest absolute Gasteiger partial charge is 0.186 e. The maximum absolute atomic E-state index is 13.6. The number of rotatable bonds is 5. The average molecular weight is 253 g/mol. The van der Waals surface area contributed by atoms with E-state index in [0.29, 0.717) is 11.5 Å². The minimum Gasteiger partial charge on any atom is -0.367 e. The summed E-state index contributed by atoms with van der Waals surface area (Å²) in [7, 11) is 0. The van der Waals surface area contributed by atoms with Gasteiger partial charge in [0.15, 0.2) is 11.6 Å². The molecular weight excluding hydrogens is 233 g/mol. The summed E-state index contributed by atoms with van der Waals surface area (Å²) < 4.78 is 13.6. The SMILES string of the molecule is Cc1ncnc(NCCCN2CCNCC2)c1F. The fourth-order valence-corrected chi connectivity index (χ4v) is 2.03. The van der Waals surface area contributed by atoms with Gasteiger partial charge in [-0.2, -0.15) is 0 Å². The third-order valence-electron chi connectivity index (χ3n) is 3.12. The van der Waals surface area contributed by atoms with E-state index >= 15 is 0 Å². The molecule has 0 bridgehead atoms. The van der Waals surface area contributed by atoms with Crippen LogP contribution in [0, 0.1) is 12.7 Å². The van der Waals surface area contributed by atoms with Crippen LogP contribution in [0.15, 0.2) is 6.33 Å². The first-order valence-electron chi connectivity index (χ1n) is 6.41. The number of hydrogen-bond donors (Lipinski definition) is 2. The Morgan fingerprint density at radius 2 is 2.17 bits per heavy atom. The van der Waals surface area contributed by atoms with Crippen molar-refractivity contribution in [3.63, 3.8) is 0 Å². The second kappa shape index (κ2) is 6.61. The Kier molecular flexibility index (Phi) is 4.83.